The maximum absolute atomic E-state index is 5.87. The highest BCUT2D eigenvalue weighted by Crippen LogP contribution is 2.11. The van der Waals surface area contributed by atoms with Crippen LogP contribution in [0.1, 0.15) is 0 Å². The zero-order chi connectivity index (χ0) is 12.3. The third-order valence-corrected chi connectivity index (χ3v) is 3.86. The van der Waals surface area contributed by atoms with Gasteiger partial charge >= 0.3 is 0 Å². The fraction of sp³-hybridized carbons (Fsp3) is 1.00. The molecular formula is C12H26N4O. The van der Waals surface area contributed by atoms with Crippen LogP contribution in [0.3, 0.4) is 0 Å². The number of nitrogens with zero attached hydrogens (tertiary/aromatic N) is 3. The largest absolute Gasteiger partial charge is 0.374 e. The van der Waals surface area contributed by atoms with Crippen LogP contribution in [-0.4, -0.2) is 93.4 Å². The van der Waals surface area contributed by atoms with Crippen LogP contribution in [0.5, 0.6) is 0 Å². The highest BCUT2D eigenvalue weighted by Gasteiger charge is 2.28. The molecule has 0 aromatic carbocycles. The Morgan fingerprint density at radius 3 is 2.59 bits per heavy atom. The SMILES string of the molecule is CN1CCOC(CN2CCN(C)CC2CN)C1. The summed E-state index contributed by atoms with van der Waals surface area (Å²) in [6, 6.07) is 0.490. The lowest BCUT2D eigenvalue weighted by Gasteiger charge is -2.42. The Hall–Kier alpha value is -0.200. The quantitative estimate of drug-likeness (QED) is 0.680. The molecule has 2 aliphatic rings. The van der Waals surface area contributed by atoms with Gasteiger partial charge in [0.1, 0.15) is 0 Å². The van der Waals surface area contributed by atoms with E-state index in [2.05, 4.69) is 28.8 Å². The van der Waals surface area contributed by atoms with E-state index in [0.29, 0.717) is 12.1 Å². The summed E-state index contributed by atoms with van der Waals surface area (Å²) < 4.78 is 5.83. The van der Waals surface area contributed by atoms with Gasteiger partial charge in [-0.25, -0.2) is 0 Å². The molecule has 2 saturated heterocycles. The molecule has 0 bridgehead atoms. The molecular weight excluding hydrogens is 216 g/mol. The van der Waals surface area contributed by atoms with Crippen molar-refractivity contribution in [1.29, 1.82) is 0 Å². The Balaban J connectivity index is 1.84. The number of piperazine rings is 1. The highest BCUT2D eigenvalue weighted by atomic mass is 16.5. The van der Waals surface area contributed by atoms with Crippen LogP contribution >= 0.6 is 0 Å². The normalized spacial score (nSPS) is 34.1. The van der Waals surface area contributed by atoms with Gasteiger partial charge in [-0.05, 0) is 14.1 Å². The number of likely N-dealkylation sites (N-methyl/N-ethyl adjacent to an activating group) is 2. The molecule has 0 amide bonds. The van der Waals surface area contributed by atoms with Crippen molar-refractivity contribution in [3.05, 3.63) is 0 Å². The predicted molar refractivity (Wildman–Crippen MR) is 69.1 cm³/mol. The van der Waals surface area contributed by atoms with Gasteiger partial charge in [-0.3, -0.25) is 4.90 Å². The first-order chi connectivity index (χ1) is 8.19. The van der Waals surface area contributed by atoms with E-state index in [1.165, 1.54) is 0 Å². The number of hydrogen-bond acceptors (Lipinski definition) is 5. The molecule has 5 nitrogen and oxygen atoms in total. The smallest absolute Gasteiger partial charge is 0.0829 e. The van der Waals surface area contributed by atoms with Crippen LogP contribution in [0, 0.1) is 0 Å². The molecule has 2 fully saturated rings. The zero-order valence-corrected chi connectivity index (χ0v) is 11.1. The minimum atomic E-state index is 0.353. The van der Waals surface area contributed by atoms with Gasteiger partial charge < -0.3 is 20.3 Å². The summed E-state index contributed by atoms with van der Waals surface area (Å²) in [5.41, 5.74) is 5.87. The highest BCUT2D eigenvalue weighted by molar-refractivity contribution is 4.84. The lowest BCUT2D eigenvalue weighted by molar-refractivity contribution is -0.0488. The van der Waals surface area contributed by atoms with Crippen molar-refractivity contribution in [2.45, 2.75) is 12.1 Å². The van der Waals surface area contributed by atoms with E-state index in [1.54, 1.807) is 0 Å². The van der Waals surface area contributed by atoms with Crippen LogP contribution in [0.2, 0.25) is 0 Å². The molecule has 2 unspecified atom stereocenters. The van der Waals surface area contributed by atoms with E-state index in [-0.39, 0.29) is 0 Å². The summed E-state index contributed by atoms with van der Waals surface area (Å²) >= 11 is 0. The molecule has 5 heteroatoms. The van der Waals surface area contributed by atoms with Crippen molar-refractivity contribution in [2.75, 3.05) is 66.5 Å². The van der Waals surface area contributed by atoms with E-state index in [4.69, 9.17) is 10.5 Å². The second-order valence-electron chi connectivity index (χ2n) is 5.40. The third-order valence-electron chi connectivity index (χ3n) is 3.86. The minimum Gasteiger partial charge on any atom is -0.374 e. The van der Waals surface area contributed by atoms with Crippen LogP contribution in [0.4, 0.5) is 0 Å². The number of morpholine rings is 1. The summed E-state index contributed by atoms with van der Waals surface area (Å²) in [6.45, 7) is 8.07. The van der Waals surface area contributed by atoms with Gasteiger partial charge in [0, 0.05) is 51.9 Å². The Bertz CT molecular complexity index is 239. The molecule has 2 aliphatic heterocycles. The molecule has 2 heterocycles. The standard InChI is InChI=1S/C12H26N4O/c1-14-3-4-16(11(7-13)8-14)10-12-9-15(2)5-6-17-12/h11-12H,3-10,13H2,1-2H3. The monoisotopic (exact) mass is 242 g/mol. The van der Waals surface area contributed by atoms with E-state index < -0.39 is 0 Å². The van der Waals surface area contributed by atoms with Crippen molar-refractivity contribution in [3.63, 3.8) is 0 Å². The Morgan fingerprint density at radius 1 is 1.12 bits per heavy atom. The van der Waals surface area contributed by atoms with Crippen molar-refractivity contribution >= 4 is 0 Å². The van der Waals surface area contributed by atoms with Gasteiger partial charge in [-0.1, -0.05) is 0 Å². The molecule has 100 valence electrons. The van der Waals surface area contributed by atoms with Crippen LogP contribution < -0.4 is 5.73 Å². The van der Waals surface area contributed by atoms with E-state index in [0.717, 1.165) is 52.4 Å². The minimum absolute atomic E-state index is 0.353. The molecule has 0 aromatic rings. The van der Waals surface area contributed by atoms with Crippen molar-refractivity contribution < 1.29 is 4.74 Å². The molecule has 0 aromatic heterocycles. The van der Waals surface area contributed by atoms with Gasteiger partial charge in [-0.2, -0.15) is 0 Å². The molecule has 17 heavy (non-hydrogen) atoms. The zero-order valence-electron chi connectivity index (χ0n) is 11.1. The molecule has 2 atom stereocenters. The summed E-state index contributed by atoms with van der Waals surface area (Å²) in [4.78, 5) is 7.22. The summed E-state index contributed by atoms with van der Waals surface area (Å²) in [5, 5.41) is 0. The fourth-order valence-corrected chi connectivity index (χ4v) is 2.75. The lowest BCUT2D eigenvalue weighted by Crippen LogP contribution is -2.58. The van der Waals surface area contributed by atoms with Gasteiger partial charge in [-0.15, -0.1) is 0 Å². The topological polar surface area (TPSA) is 45.0 Å². The Labute approximate surface area is 104 Å². The molecule has 0 saturated carbocycles. The van der Waals surface area contributed by atoms with Gasteiger partial charge in [0.25, 0.3) is 0 Å². The summed E-state index contributed by atoms with van der Waals surface area (Å²) in [6.07, 6.45) is 0.353. The average Bonchev–Trinajstić information content (AvgIpc) is 2.31. The molecule has 0 radical (unpaired) electrons. The van der Waals surface area contributed by atoms with Gasteiger partial charge in [0.15, 0.2) is 0 Å². The number of rotatable bonds is 3. The average molecular weight is 242 g/mol. The lowest BCUT2D eigenvalue weighted by atomic mass is 10.1. The van der Waals surface area contributed by atoms with Crippen molar-refractivity contribution in [2.24, 2.45) is 5.73 Å². The summed E-state index contributed by atoms with van der Waals surface area (Å²) in [7, 11) is 4.34. The number of ether oxygens (including phenoxy) is 1. The Morgan fingerprint density at radius 2 is 1.88 bits per heavy atom. The fourth-order valence-electron chi connectivity index (χ4n) is 2.75. The van der Waals surface area contributed by atoms with Gasteiger partial charge in [0.2, 0.25) is 0 Å². The third kappa shape index (κ3) is 3.63. The van der Waals surface area contributed by atoms with Crippen LogP contribution in [0.15, 0.2) is 0 Å². The second-order valence-corrected chi connectivity index (χ2v) is 5.40. The maximum Gasteiger partial charge on any atom is 0.0829 e. The van der Waals surface area contributed by atoms with Gasteiger partial charge in [0.05, 0.1) is 12.7 Å². The van der Waals surface area contributed by atoms with Crippen molar-refractivity contribution in [3.8, 4) is 0 Å². The first kappa shape index (κ1) is 13.2. The van der Waals surface area contributed by atoms with Crippen LogP contribution in [-0.2, 0) is 4.74 Å². The summed E-state index contributed by atoms with van der Waals surface area (Å²) in [5.74, 6) is 0. The first-order valence-corrected chi connectivity index (χ1v) is 6.62. The van der Waals surface area contributed by atoms with Crippen LogP contribution in [0.25, 0.3) is 0 Å². The van der Waals surface area contributed by atoms with Crippen molar-refractivity contribution in [1.82, 2.24) is 14.7 Å². The first-order valence-electron chi connectivity index (χ1n) is 6.62. The van der Waals surface area contributed by atoms with E-state index in [1.807, 2.05) is 0 Å². The molecule has 2 rings (SSSR count). The van der Waals surface area contributed by atoms with E-state index >= 15 is 0 Å². The number of nitrogens with two attached hydrogens (primary N) is 1. The Kier molecular flexibility index (Phi) is 4.76. The maximum atomic E-state index is 5.87. The predicted octanol–water partition coefficient (Wildman–Crippen LogP) is -1.11. The molecule has 0 aliphatic carbocycles. The molecule has 2 N–H and O–H groups in total. The van der Waals surface area contributed by atoms with E-state index in [9.17, 15) is 0 Å². The second kappa shape index (κ2) is 6.11. The molecule has 0 spiro atoms. The number of hydrogen-bond donors (Lipinski definition) is 1.